The summed E-state index contributed by atoms with van der Waals surface area (Å²) in [6.45, 7) is 10.0. The van der Waals surface area contributed by atoms with E-state index in [1.165, 1.54) is 30.4 Å². The summed E-state index contributed by atoms with van der Waals surface area (Å²) in [5, 5.41) is 9.86. The van der Waals surface area contributed by atoms with Crippen molar-refractivity contribution in [1.29, 1.82) is 0 Å². The van der Waals surface area contributed by atoms with Gasteiger partial charge in [-0.05, 0) is 80.9 Å². The van der Waals surface area contributed by atoms with Gasteiger partial charge in [-0.2, -0.15) is 13.2 Å². The first-order chi connectivity index (χ1) is 22.0. The summed E-state index contributed by atoms with van der Waals surface area (Å²) in [7, 11) is 0. The quantitative estimate of drug-likeness (QED) is 0.152. The van der Waals surface area contributed by atoms with E-state index in [2.05, 4.69) is 21.9 Å². The van der Waals surface area contributed by atoms with E-state index in [9.17, 15) is 23.1 Å². The maximum Gasteiger partial charge on any atom is 0.416 e. The van der Waals surface area contributed by atoms with E-state index in [0.717, 1.165) is 70.8 Å². The SMILES string of the molecule is CCOc1ccc(N2CCN(Cc3nc(-c4ccc(C(F)(F)F)cc4)sc3CSc3ccc(OC(C)C(=O)O)c(C)c3)CC2)cc1. The molecule has 0 saturated carbocycles. The third-order valence-electron chi connectivity index (χ3n) is 7.66. The lowest BCUT2D eigenvalue weighted by atomic mass is 10.1. The van der Waals surface area contributed by atoms with E-state index < -0.39 is 23.8 Å². The Morgan fingerprint density at radius 3 is 2.35 bits per heavy atom. The number of carbonyl (C=O) groups is 1. The maximum atomic E-state index is 13.2. The van der Waals surface area contributed by atoms with Crippen LogP contribution in [0.15, 0.2) is 71.6 Å². The summed E-state index contributed by atoms with van der Waals surface area (Å²) in [5.41, 5.74) is 2.88. The molecule has 244 valence electrons. The van der Waals surface area contributed by atoms with E-state index in [-0.39, 0.29) is 0 Å². The molecule has 7 nitrogen and oxygen atoms in total. The molecule has 1 saturated heterocycles. The van der Waals surface area contributed by atoms with Gasteiger partial charge in [0, 0.05) is 59.5 Å². The van der Waals surface area contributed by atoms with Crippen molar-refractivity contribution in [3.63, 3.8) is 0 Å². The van der Waals surface area contributed by atoms with Crippen LogP contribution in [0.25, 0.3) is 10.6 Å². The Morgan fingerprint density at radius 1 is 1.04 bits per heavy atom. The van der Waals surface area contributed by atoms with E-state index in [0.29, 0.717) is 35.2 Å². The number of aromatic nitrogens is 1. The normalized spacial score (nSPS) is 14.7. The van der Waals surface area contributed by atoms with Crippen molar-refractivity contribution in [2.75, 3.05) is 37.7 Å². The number of alkyl halides is 3. The third kappa shape index (κ3) is 8.54. The number of rotatable bonds is 12. The summed E-state index contributed by atoms with van der Waals surface area (Å²) in [6.07, 6.45) is -5.35. The minimum Gasteiger partial charge on any atom is -0.494 e. The van der Waals surface area contributed by atoms with Crippen LogP contribution >= 0.6 is 23.1 Å². The molecule has 12 heteroatoms. The Labute approximate surface area is 275 Å². The summed E-state index contributed by atoms with van der Waals surface area (Å²) in [6, 6.07) is 19.0. The lowest BCUT2D eigenvalue weighted by molar-refractivity contribution is -0.144. The molecule has 1 unspecified atom stereocenters. The predicted molar refractivity (Wildman–Crippen MR) is 176 cm³/mol. The van der Waals surface area contributed by atoms with Crippen LogP contribution in [0.2, 0.25) is 0 Å². The number of anilines is 1. The molecule has 0 bridgehead atoms. The van der Waals surface area contributed by atoms with E-state index in [1.807, 2.05) is 38.1 Å². The first kappa shape index (κ1) is 33.6. The number of thiazole rings is 1. The second-order valence-corrected chi connectivity index (χ2v) is 13.1. The predicted octanol–water partition coefficient (Wildman–Crippen LogP) is 8.00. The van der Waals surface area contributed by atoms with Gasteiger partial charge in [-0.15, -0.1) is 23.1 Å². The van der Waals surface area contributed by atoms with Crippen molar-refractivity contribution in [3.05, 3.63) is 88.4 Å². The zero-order chi connectivity index (χ0) is 32.8. The minimum absolute atomic E-state index is 0.520. The molecule has 5 rings (SSSR count). The second-order valence-electron chi connectivity index (χ2n) is 11.0. The highest BCUT2D eigenvalue weighted by atomic mass is 32.2. The number of halogens is 3. The molecule has 1 N–H and O–H groups in total. The molecular weight excluding hydrogens is 636 g/mol. The number of benzene rings is 3. The van der Waals surface area contributed by atoms with Gasteiger partial charge in [0.1, 0.15) is 16.5 Å². The standard InChI is InChI=1S/C34H36F3N3O4S2/c1-4-43-27-11-9-26(10-12-27)40-17-15-39(16-18-40)20-29-31(46-32(38-29)24-5-7-25(8-6-24)34(35,36)37)21-45-28-13-14-30(22(2)19-28)44-23(3)33(41)42/h5-14,19,23H,4,15-18,20-21H2,1-3H3,(H,41,42). The molecule has 1 aliphatic rings. The van der Waals surface area contributed by atoms with E-state index in [4.69, 9.17) is 14.5 Å². The van der Waals surface area contributed by atoms with Crippen LogP contribution in [-0.4, -0.2) is 59.8 Å². The fourth-order valence-electron chi connectivity index (χ4n) is 5.07. The largest absolute Gasteiger partial charge is 0.494 e. The molecule has 1 atom stereocenters. The fraction of sp³-hybridized carbons (Fsp3) is 0.353. The zero-order valence-corrected chi connectivity index (χ0v) is 27.5. The highest BCUT2D eigenvalue weighted by Gasteiger charge is 2.30. The molecule has 1 aliphatic heterocycles. The lowest BCUT2D eigenvalue weighted by Crippen LogP contribution is -2.46. The van der Waals surface area contributed by atoms with Crippen LogP contribution in [0, 0.1) is 6.92 Å². The molecular formula is C34H36F3N3O4S2. The maximum absolute atomic E-state index is 13.2. The van der Waals surface area contributed by atoms with Crippen LogP contribution in [0.5, 0.6) is 11.5 Å². The van der Waals surface area contributed by atoms with Gasteiger partial charge in [0.25, 0.3) is 0 Å². The van der Waals surface area contributed by atoms with Crippen molar-refractivity contribution in [2.24, 2.45) is 0 Å². The molecule has 0 amide bonds. The number of carboxylic acids is 1. The molecule has 2 heterocycles. The Morgan fingerprint density at radius 2 is 1.74 bits per heavy atom. The Bertz CT molecular complexity index is 1620. The van der Waals surface area contributed by atoms with Gasteiger partial charge in [-0.25, -0.2) is 9.78 Å². The Hall–Kier alpha value is -3.74. The number of nitrogens with zero attached hydrogens (tertiary/aromatic N) is 3. The molecule has 1 aromatic heterocycles. The molecule has 3 aromatic carbocycles. The molecule has 0 aliphatic carbocycles. The number of carboxylic acid groups (broad SMARTS) is 1. The van der Waals surface area contributed by atoms with Gasteiger partial charge in [0.2, 0.25) is 0 Å². The molecule has 1 fully saturated rings. The molecule has 0 spiro atoms. The van der Waals surface area contributed by atoms with Gasteiger partial charge in [-0.1, -0.05) is 12.1 Å². The van der Waals surface area contributed by atoms with Gasteiger partial charge in [-0.3, -0.25) is 4.90 Å². The minimum atomic E-state index is -4.40. The molecule has 4 aromatic rings. The van der Waals surface area contributed by atoms with E-state index >= 15 is 0 Å². The second kappa shape index (κ2) is 14.8. The number of piperazine rings is 1. The van der Waals surface area contributed by atoms with Gasteiger partial charge in [0.15, 0.2) is 6.10 Å². The summed E-state index contributed by atoms with van der Waals surface area (Å²) >= 11 is 3.13. The monoisotopic (exact) mass is 671 g/mol. The van der Waals surface area contributed by atoms with Crippen LogP contribution < -0.4 is 14.4 Å². The number of hydrogen-bond donors (Lipinski definition) is 1. The highest BCUT2D eigenvalue weighted by molar-refractivity contribution is 7.98. The Kier molecular flexibility index (Phi) is 10.8. The number of hydrogen-bond acceptors (Lipinski definition) is 8. The van der Waals surface area contributed by atoms with Crippen LogP contribution in [-0.2, 0) is 23.3 Å². The van der Waals surface area contributed by atoms with Crippen LogP contribution in [0.1, 0.15) is 35.5 Å². The van der Waals surface area contributed by atoms with Gasteiger partial charge in [0.05, 0.1) is 17.9 Å². The number of aryl methyl sites for hydroxylation is 1. The average molecular weight is 672 g/mol. The number of aliphatic carboxylic acids is 1. The lowest BCUT2D eigenvalue weighted by Gasteiger charge is -2.36. The van der Waals surface area contributed by atoms with Crippen molar-refractivity contribution in [1.82, 2.24) is 9.88 Å². The summed E-state index contributed by atoms with van der Waals surface area (Å²) in [4.78, 5) is 22.9. The van der Waals surface area contributed by atoms with Gasteiger partial charge < -0.3 is 19.5 Å². The first-order valence-corrected chi connectivity index (χ1v) is 16.8. The molecule has 0 radical (unpaired) electrons. The zero-order valence-electron chi connectivity index (χ0n) is 25.8. The first-order valence-electron chi connectivity index (χ1n) is 15.0. The average Bonchev–Trinajstić information content (AvgIpc) is 3.44. The van der Waals surface area contributed by atoms with Crippen molar-refractivity contribution < 1.29 is 32.5 Å². The topological polar surface area (TPSA) is 75.1 Å². The van der Waals surface area contributed by atoms with Crippen molar-refractivity contribution >= 4 is 34.8 Å². The van der Waals surface area contributed by atoms with Crippen LogP contribution in [0.4, 0.5) is 18.9 Å². The van der Waals surface area contributed by atoms with Crippen molar-refractivity contribution in [2.45, 2.75) is 50.2 Å². The Balaban J connectivity index is 1.30. The van der Waals surface area contributed by atoms with Gasteiger partial charge >= 0.3 is 12.1 Å². The fourth-order valence-corrected chi connectivity index (χ4v) is 7.25. The highest BCUT2D eigenvalue weighted by Crippen LogP contribution is 2.37. The third-order valence-corrected chi connectivity index (χ3v) is 10.0. The number of thioether (sulfide) groups is 1. The van der Waals surface area contributed by atoms with Crippen LogP contribution in [0.3, 0.4) is 0 Å². The van der Waals surface area contributed by atoms with Crippen molar-refractivity contribution in [3.8, 4) is 22.1 Å². The summed E-state index contributed by atoms with van der Waals surface area (Å²) in [5.74, 6) is 0.976. The molecule has 46 heavy (non-hydrogen) atoms. The summed E-state index contributed by atoms with van der Waals surface area (Å²) < 4.78 is 50.7. The smallest absolute Gasteiger partial charge is 0.416 e. The number of ether oxygens (including phenoxy) is 2. The van der Waals surface area contributed by atoms with E-state index in [1.54, 1.807) is 17.8 Å².